The summed E-state index contributed by atoms with van der Waals surface area (Å²) in [6.45, 7) is 1.60. The van der Waals surface area contributed by atoms with E-state index in [4.69, 9.17) is 4.74 Å². The Bertz CT molecular complexity index is 396. The lowest BCUT2D eigenvalue weighted by molar-refractivity contribution is 0.107. The first-order valence-electron chi connectivity index (χ1n) is 5.64. The van der Waals surface area contributed by atoms with E-state index >= 15 is 0 Å². The van der Waals surface area contributed by atoms with Gasteiger partial charge in [-0.05, 0) is 19.3 Å². The second-order valence-electron chi connectivity index (χ2n) is 4.04. The van der Waals surface area contributed by atoms with E-state index in [1.54, 1.807) is 19.4 Å². The van der Waals surface area contributed by atoms with Gasteiger partial charge < -0.3 is 14.6 Å². The molecule has 1 aromatic heterocycles. The molecule has 0 amide bonds. The largest absolute Gasteiger partial charge is 0.378 e. The van der Waals surface area contributed by atoms with Gasteiger partial charge in [-0.25, -0.2) is 4.98 Å². The fourth-order valence-corrected chi connectivity index (χ4v) is 1.84. The van der Waals surface area contributed by atoms with Crippen LogP contribution in [0.4, 0.5) is 5.82 Å². The molecule has 0 bridgehead atoms. The van der Waals surface area contributed by atoms with Crippen LogP contribution in [0, 0.1) is 0 Å². The molecule has 1 unspecified atom stereocenters. The summed E-state index contributed by atoms with van der Waals surface area (Å²) in [5, 5.41) is 3.06. The molecule has 5 heteroatoms. The van der Waals surface area contributed by atoms with Crippen molar-refractivity contribution in [2.75, 3.05) is 18.5 Å². The first-order valence-corrected chi connectivity index (χ1v) is 5.64. The van der Waals surface area contributed by atoms with Gasteiger partial charge in [0.15, 0.2) is 5.82 Å². The molecular formula is C11H17N3O2. The van der Waals surface area contributed by atoms with Gasteiger partial charge in [-0.2, -0.15) is 0 Å². The first kappa shape index (κ1) is 11.1. The first-order chi connectivity index (χ1) is 7.77. The number of ether oxygens (including phenoxy) is 1. The maximum Gasteiger partial charge on any atom is 0.293 e. The molecular weight excluding hydrogens is 206 g/mol. The summed E-state index contributed by atoms with van der Waals surface area (Å²) in [7, 11) is 1.72. The van der Waals surface area contributed by atoms with Crippen LogP contribution < -0.4 is 10.9 Å². The van der Waals surface area contributed by atoms with Gasteiger partial charge in [-0.1, -0.05) is 0 Å². The highest BCUT2D eigenvalue weighted by molar-refractivity contribution is 5.30. The maximum atomic E-state index is 11.6. The van der Waals surface area contributed by atoms with E-state index < -0.39 is 0 Å². The Hall–Kier alpha value is -1.36. The predicted octanol–water partition coefficient (Wildman–Crippen LogP) is 0.761. The molecule has 0 radical (unpaired) electrons. The molecule has 1 fully saturated rings. The zero-order chi connectivity index (χ0) is 11.4. The molecule has 16 heavy (non-hydrogen) atoms. The fraction of sp³-hybridized carbons (Fsp3) is 0.636. The van der Waals surface area contributed by atoms with Gasteiger partial charge in [0.2, 0.25) is 0 Å². The zero-order valence-electron chi connectivity index (χ0n) is 9.48. The Balaban J connectivity index is 1.85. The molecule has 1 aliphatic rings. The molecule has 1 atom stereocenters. The summed E-state index contributed by atoms with van der Waals surface area (Å²) in [6, 6.07) is 0. The maximum absolute atomic E-state index is 11.6. The van der Waals surface area contributed by atoms with Gasteiger partial charge in [0.05, 0.1) is 6.10 Å². The average Bonchev–Trinajstić information content (AvgIpc) is 2.77. The normalized spacial score (nSPS) is 19.9. The molecule has 1 N–H and O–H groups in total. The summed E-state index contributed by atoms with van der Waals surface area (Å²) in [4.78, 5) is 15.6. The van der Waals surface area contributed by atoms with Crippen molar-refractivity contribution in [3.05, 3.63) is 22.7 Å². The van der Waals surface area contributed by atoms with Crippen molar-refractivity contribution in [1.29, 1.82) is 0 Å². The van der Waals surface area contributed by atoms with Crippen LogP contribution in [0.1, 0.15) is 19.3 Å². The number of hydrogen-bond acceptors (Lipinski definition) is 4. The summed E-state index contributed by atoms with van der Waals surface area (Å²) < 4.78 is 7.02. The number of nitrogens with zero attached hydrogens (tertiary/aromatic N) is 2. The minimum Gasteiger partial charge on any atom is -0.378 e. The second-order valence-corrected chi connectivity index (χ2v) is 4.04. The molecule has 0 aromatic carbocycles. The van der Waals surface area contributed by atoms with Crippen LogP contribution >= 0.6 is 0 Å². The average molecular weight is 223 g/mol. The van der Waals surface area contributed by atoms with Crippen LogP contribution in [0.2, 0.25) is 0 Å². The lowest BCUT2D eigenvalue weighted by atomic mass is 10.2. The fourth-order valence-electron chi connectivity index (χ4n) is 1.84. The van der Waals surface area contributed by atoms with Crippen molar-refractivity contribution in [3.8, 4) is 0 Å². The van der Waals surface area contributed by atoms with E-state index in [1.807, 2.05) is 0 Å². The lowest BCUT2D eigenvalue weighted by Gasteiger charge is -2.10. The molecule has 0 spiro atoms. The van der Waals surface area contributed by atoms with Crippen LogP contribution in [0.25, 0.3) is 0 Å². The highest BCUT2D eigenvalue weighted by atomic mass is 16.5. The van der Waals surface area contributed by atoms with Crippen LogP contribution in [0.15, 0.2) is 17.2 Å². The molecule has 2 heterocycles. The Morgan fingerprint density at radius 1 is 1.69 bits per heavy atom. The van der Waals surface area contributed by atoms with Gasteiger partial charge in [-0.3, -0.25) is 4.79 Å². The van der Waals surface area contributed by atoms with Gasteiger partial charge in [0.1, 0.15) is 0 Å². The molecule has 5 nitrogen and oxygen atoms in total. The van der Waals surface area contributed by atoms with Crippen molar-refractivity contribution < 1.29 is 4.74 Å². The highest BCUT2D eigenvalue weighted by Crippen LogP contribution is 2.14. The molecule has 0 aliphatic carbocycles. The molecule has 1 aliphatic heterocycles. The molecule has 2 rings (SSSR count). The van der Waals surface area contributed by atoms with Gasteiger partial charge >= 0.3 is 0 Å². The van der Waals surface area contributed by atoms with Gasteiger partial charge in [0.25, 0.3) is 5.56 Å². The zero-order valence-corrected chi connectivity index (χ0v) is 9.48. The van der Waals surface area contributed by atoms with Crippen LogP contribution in [0.5, 0.6) is 0 Å². The number of hydrogen-bond donors (Lipinski definition) is 1. The third-order valence-corrected chi connectivity index (χ3v) is 2.80. The Labute approximate surface area is 94.5 Å². The number of anilines is 1. The van der Waals surface area contributed by atoms with Gasteiger partial charge in [0, 0.05) is 32.6 Å². The van der Waals surface area contributed by atoms with E-state index in [0.29, 0.717) is 11.9 Å². The third kappa shape index (κ3) is 2.61. The number of aryl methyl sites for hydroxylation is 1. The highest BCUT2D eigenvalue weighted by Gasteiger charge is 2.14. The van der Waals surface area contributed by atoms with Crippen LogP contribution in [0.3, 0.4) is 0 Å². The van der Waals surface area contributed by atoms with Crippen molar-refractivity contribution in [3.63, 3.8) is 0 Å². The lowest BCUT2D eigenvalue weighted by Crippen LogP contribution is -2.23. The minimum atomic E-state index is -0.0881. The number of aromatic nitrogens is 2. The van der Waals surface area contributed by atoms with Crippen LogP contribution in [-0.2, 0) is 11.8 Å². The van der Waals surface area contributed by atoms with E-state index in [2.05, 4.69) is 10.3 Å². The number of nitrogens with one attached hydrogen (secondary N) is 1. The molecule has 88 valence electrons. The summed E-state index contributed by atoms with van der Waals surface area (Å²) >= 11 is 0. The Morgan fingerprint density at radius 3 is 3.31 bits per heavy atom. The minimum absolute atomic E-state index is 0.0881. The monoisotopic (exact) mass is 223 g/mol. The molecule has 1 aromatic rings. The SMILES string of the molecule is Cn1ccnc(NCCC2CCCO2)c1=O. The van der Waals surface area contributed by atoms with Crippen LogP contribution in [-0.4, -0.2) is 28.8 Å². The van der Waals surface area contributed by atoms with E-state index in [1.165, 1.54) is 4.57 Å². The topological polar surface area (TPSA) is 56.1 Å². The van der Waals surface area contributed by atoms with Crippen molar-refractivity contribution in [2.24, 2.45) is 7.05 Å². The number of rotatable bonds is 4. The summed E-state index contributed by atoms with van der Waals surface area (Å²) in [5.74, 6) is 0.419. The predicted molar refractivity (Wildman–Crippen MR) is 61.6 cm³/mol. The summed E-state index contributed by atoms with van der Waals surface area (Å²) in [6.07, 6.45) is 6.82. The second kappa shape index (κ2) is 5.12. The Morgan fingerprint density at radius 2 is 2.56 bits per heavy atom. The van der Waals surface area contributed by atoms with E-state index in [9.17, 15) is 4.79 Å². The Kier molecular flexibility index (Phi) is 3.56. The van der Waals surface area contributed by atoms with Gasteiger partial charge in [-0.15, -0.1) is 0 Å². The quantitative estimate of drug-likeness (QED) is 0.818. The third-order valence-electron chi connectivity index (χ3n) is 2.80. The molecule has 1 saturated heterocycles. The molecule has 0 saturated carbocycles. The summed E-state index contributed by atoms with van der Waals surface area (Å²) in [5.41, 5.74) is -0.0881. The van der Waals surface area contributed by atoms with Crippen molar-refractivity contribution in [1.82, 2.24) is 9.55 Å². The smallest absolute Gasteiger partial charge is 0.293 e. The van der Waals surface area contributed by atoms with Crippen molar-refractivity contribution >= 4 is 5.82 Å². The van der Waals surface area contributed by atoms with E-state index in [-0.39, 0.29) is 5.56 Å². The van der Waals surface area contributed by atoms with E-state index in [0.717, 1.165) is 32.4 Å². The van der Waals surface area contributed by atoms with Crippen molar-refractivity contribution in [2.45, 2.75) is 25.4 Å². The standard InChI is InChI=1S/C11H17N3O2/c1-14-7-6-13-10(11(14)15)12-5-4-9-3-2-8-16-9/h6-7,9H,2-5,8H2,1H3,(H,12,13).